The van der Waals surface area contributed by atoms with Gasteiger partial charge >= 0.3 is 0 Å². The van der Waals surface area contributed by atoms with E-state index in [9.17, 15) is 13.2 Å². The van der Waals surface area contributed by atoms with Crippen molar-refractivity contribution in [1.29, 1.82) is 0 Å². The Morgan fingerprint density at radius 1 is 1.03 bits per heavy atom. The number of nitrogens with one attached hydrogen (secondary N) is 1. The van der Waals surface area contributed by atoms with Crippen LogP contribution in [-0.4, -0.2) is 34.6 Å². The summed E-state index contributed by atoms with van der Waals surface area (Å²) in [5.74, 6) is 0.505. The molecule has 29 heavy (non-hydrogen) atoms. The molecule has 0 aliphatic carbocycles. The van der Waals surface area contributed by atoms with E-state index in [1.807, 2.05) is 12.1 Å². The van der Waals surface area contributed by atoms with E-state index < -0.39 is 22.0 Å². The number of hydrogen-bond acceptors (Lipinski definition) is 5. The summed E-state index contributed by atoms with van der Waals surface area (Å²) in [6, 6.07) is 14.5. The fourth-order valence-corrected chi connectivity index (χ4v) is 5.46. The average Bonchev–Trinajstić information content (AvgIpc) is 2.96. The molecule has 0 fully saturated rings. The molecule has 150 valence electrons. The maximum Gasteiger partial charge on any atom is 0.265 e. The first-order valence-electron chi connectivity index (χ1n) is 8.97. The van der Waals surface area contributed by atoms with Crippen LogP contribution in [-0.2, 0) is 14.8 Å². The predicted molar refractivity (Wildman–Crippen MR) is 111 cm³/mol. The van der Waals surface area contributed by atoms with Crippen molar-refractivity contribution in [2.75, 3.05) is 23.8 Å². The smallest absolute Gasteiger partial charge is 0.265 e. The lowest BCUT2D eigenvalue weighted by molar-refractivity contribution is -0.116. The third-order valence-corrected chi connectivity index (χ3v) is 6.94. The summed E-state index contributed by atoms with van der Waals surface area (Å²) in [5.41, 5.74) is 0.898. The second-order valence-electron chi connectivity index (χ2n) is 6.66. The van der Waals surface area contributed by atoms with Gasteiger partial charge in [0.05, 0.1) is 30.5 Å². The molecule has 0 bridgehead atoms. The zero-order valence-electron chi connectivity index (χ0n) is 16.2. The minimum Gasteiger partial charge on any atom is -0.497 e. The van der Waals surface area contributed by atoms with E-state index in [-0.39, 0.29) is 4.90 Å². The minimum absolute atomic E-state index is 0.212. The third kappa shape index (κ3) is 2.96. The minimum atomic E-state index is -3.85. The Labute approximate surface area is 168 Å². The van der Waals surface area contributed by atoms with E-state index in [0.29, 0.717) is 28.3 Å². The van der Waals surface area contributed by atoms with Crippen molar-refractivity contribution >= 4 is 38.1 Å². The number of hydrogen-bond donors (Lipinski definition) is 1. The van der Waals surface area contributed by atoms with Crippen LogP contribution in [0.15, 0.2) is 59.5 Å². The molecular weight excluding hydrogens is 392 g/mol. The lowest BCUT2D eigenvalue weighted by Gasteiger charge is -2.25. The molecule has 3 aromatic rings. The van der Waals surface area contributed by atoms with E-state index in [1.165, 1.54) is 18.5 Å². The number of nitrogens with zero attached hydrogens (tertiary/aromatic N) is 1. The molecule has 0 spiro atoms. The molecule has 0 aromatic heterocycles. The SMILES string of the molecule is COc1ccc(OC)c(NC(=O)[C@H](C)N2c3cccc4cccc(c34)S2(=O)=O)c1. The zero-order valence-corrected chi connectivity index (χ0v) is 17.0. The fraction of sp³-hybridized carbons (Fsp3) is 0.190. The predicted octanol–water partition coefficient (Wildman–Crippen LogP) is 3.39. The van der Waals surface area contributed by atoms with E-state index in [2.05, 4.69) is 5.32 Å². The van der Waals surface area contributed by atoms with Crippen molar-refractivity contribution < 1.29 is 22.7 Å². The lowest BCUT2D eigenvalue weighted by atomic mass is 10.1. The summed E-state index contributed by atoms with van der Waals surface area (Å²) in [6.07, 6.45) is 0. The number of anilines is 2. The van der Waals surface area contributed by atoms with Crippen molar-refractivity contribution in [3.8, 4) is 11.5 Å². The van der Waals surface area contributed by atoms with Gasteiger partial charge in [-0.25, -0.2) is 8.42 Å². The van der Waals surface area contributed by atoms with E-state index >= 15 is 0 Å². The van der Waals surface area contributed by atoms with Gasteiger partial charge in [-0.3, -0.25) is 9.10 Å². The molecule has 0 radical (unpaired) electrons. The molecule has 0 saturated carbocycles. The van der Waals surface area contributed by atoms with Crippen LogP contribution in [0.3, 0.4) is 0 Å². The van der Waals surface area contributed by atoms with Gasteiger partial charge in [0, 0.05) is 11.5 Å². The number of benzene rings is 3. The van der Waals surface area contributed by atoms with Crippen LogP contribution in [0.25, 0.3) is 10.8 Å². The molecular formula is C21H20N2O5S. The highest BCUT2D eigenvalue weighted by molar-refractivity contribution is 7.93. The third-order valence-electron chi connectivity index (χ3n) is 5.01. The maximum atomic E-state index is 13.2. The van der Waals surface area contributed by atoms with Crippen molar-refractivity contribution in [2.24, 2.45) is 0 Å². The summed E-state index contributed by atoms with van der Waals surface area (Å²) < 4.78 is 38.0. The van der Waals surface area contributed by atoms with E-state index in [1.54, 1.807) is 49.4 Å². The molecule has 0 saturated heterocycles. The standard InChI is InChI=1S/C21H20N2O5S/c1-13(21(24)22-16-12-15(27-2)10-11-18(16)28-3)23-17-8-4-6-14-7-5-9-19(20(14)17)29(23,25)26/h4-13H,1-3H3,(H,22,24)/t13-/m0/s1. The molecule has 4 rings (SSSR count). The summed E-state index contributed by atoms with van der Waals surface area (Å²) >= 11 is 0. The van der Waals surface area contributed by atoms with Gasteiger partial charge in [-0.2, -0.15) is 0 Å². The Kier molecular flexibility index (Phi) is 4.58. The summed E-state index contributed by atoms with van der Waals surface area (Å²) in [4.78, 5) is 13.2. The number of sulfonamides is 1. The van der Waals surface area contributed by atoms with Gasteiger partial charge in [-0.1, -0.05) is 24.3 Å². The molecule has 1 aliphatic rings. The van der Waals surface area contributed by atoms with Gasteiger partial charge in [0.15, 0.2) is 0 Å². The van der Waals surface area contributed by atoms with Crippen molar-refractivity contribution in [1.82, 2.24) is 0 Å². The highest BCUT2D eigenvalue weighted by atomic mass is 32.2. The fourth-order valence-electron chi connectivity index (χ4n) is 3.59. The molecule has 1 atom stereocenters. The van der Waals surface area contributed by atoms with Gasteiger partial charge < -0.3 is 14.8 Å². The number of carbonyl (C=O) groups is 1. The lowest BCUT2D eigenvalue weighted by Crippen LogP contribution is -2.44. The highest BCUT2D eigenvalue weighted by Crippen LogP contribution is 2.43. The van der Waals surface area contributed by atoms with E-state index in [0.717, 1.165) is 5.39 Å². The van der Waals surface area contributed by atoms with Crippen LogP contribution in [0.5, 0.6) is 11.5 Å². The van der Waals surface area contributed by atoms with E-state index in [4.69, 9.17) is 9.47 Å². The van der Waals surface area contributed by atoms with Gasteiger partial charge in [-0.15, -0.1) is 0 Å². The second-order valence-corrected chi connectivity index (χ2v) is 8.45. The first kappa shape index (κ1) is 19.1. The molecule has 7 nitrogen and oxygen atoms in total. The molecule has 1 amide bonds. The molecule has 8 heteroatoms. The number of rotatable bonds is 5. The Hall–Kier alpha value is -3.26. The van der Waals surface area contributed by atoms with Crippen LogP contribution in [0.4, 0.5) is 11.4 Å². The average molecular weight is 412 g/mol. The normalized spacial score (nSPS) is 15.2. The second kappa shape index (κ2) is 6.97. The number of methoxy groups -OCH3 is 2. The van der Waals surface area contributed by atoms with Crippen LogP contribution in [0.2, 0.25) is 0 Å². The quantitative estimate of drug-likeness (QED) is 0.694. The number of carbonyl (C=O) groups excluding carboxylic acids is 1. The highest BCUT2D eigenvalue weighted by Gasteiger charge is 2.40. The van der Waals surface area contributed by atoms with Crippen molar-refractivity contribution in [3.05, 3.63) is 54.6 Å². The molecule has 0 unspecified atom stereocenters. The summed E-state index contributed by atoms with van der Waals surface area (Å²) in [7, 11) is -0.839. The molecule has 1 aliphatic heterocycles. The van der Waals surface area contributed by atoms with Crippen LogP contribution in [0.1, 0.15) is 6.92 Å². The van der Waals surface area contributed by atoms with Gasteiger partial charge in [0.25, 0.3) is 10.0 Å². The van der Waals surface area contributed by atoms with Crippen molar-refractivity contribution in [2.45, 2.75) is 17.9 Å². The first-order chi connectivity index (χ1) is 13.9. The van der Waals surface area contributed by atoms with Gasteiger partial charge in [0.1, 0.15) is 17.5 Å². The topological polar surface area (TPSA) is 84.9 Å². The molecule has 1 heterocycles. The monoisotopic (exact) mass is 412 g/mol. The maximum absolute atomic E-state index is 13.2. The van der Waals surface area contributed by atoms with Crippen LogP contribution < -0.4 is 19.1 Å². The van der Waals surface area contributed by atoms with Crippen LogP contribution in [0, 0.1) is 0 Å². The van der Waals surface area contributed by atoms with Gasteiger partial charge in [0.2, 0.25) is 5.91 Å². The summed E-state index contributed by atoms with van der Waals surface area (Å²) in [5, 5.41) is 4.21. The Morgan fingerprint density at radius 3 is 2.45 bits per heavy atom. The largest absolute Gasteiger partial charge is 0.497 e. The van der Waals surface area contributed by atoms with Gasteiger partial charge in [-0.05, 0) is 36.6 Å². The Bertz CT molecular complexity index is 1220. The molecule has 1 N–H and O–H groups in total. The number of ether oxygens (including phenoxy) is 2. The Balaban J connectivity index is 1.72. The Morgan fingerprint density at radius 2 is 1.76 bits per heavy atom. The number of amides is 1. The molecule has 3 aromatic carbocycles. The summed E-state index contributed by atoms with van der Waals surface area (Å²) in [6.45, 7) is 1.56. The first-order valence-corrected chi connectivity index (χ1v) is 10.4. The van der Waals surface area contributed by atoms with Crippen LogP contribution >= 0.6 is 0 Å². The zero-order chi connectivity index (χ0) is 20.8. The van der Waals surface area contributed by atoms with Crippen molar-refractivity contribution in [3.63, 3.8) is 0 Å².